The van der Waals surface area contributed by atoms with E-state index in [1.54, 1.807) is 12.1 Å². The van der Waals surface area contributed by atoms with Crippen LogP contribution >= 0.6 is 0 Å². The van der Waals surface area contributed by atoms with Gasteiger partial charge in [-0.05, 0) is 30.5 Å². The third kappa shape index (κ3) is 4.75. The molecule has 1 aromatic rings. The zero-order valence-electron chi connectivity index (χ0n) is 11.6. The zero-order valence-corrected chi connectivity index (χ0v) is 11.6. The number of carbonyl (C=O) groups excluding carboxylic acids is 1. The number of carboxylic acid groups (broad SMARTS) is 1. The maximum Gasteiger partial charge on any atom is 0.326 e. The average molecular weight is 293 g/mol. The molecule has 6 nitrogen and oxygen atoms in total. The molecule has 0 saturated carbocycles. The number of ether oxygens (including phenoxy) is 1. The van der Waals surface area contributed by atoms with Crippen LogP contribution in [0.15, 0.2) is 24.3 Å². The number of aromatic hydroxyl groups is 1. The normalized spacial score (nSPS) is 19.1. The molecule has 21 heavy (non-hydrogen) atoms. The third-order valence-electron chi connectivity index (χ3n) is 3.45. The molecule has 1 unspecified atom stereocenters. The van der Waals surface area contributed by atoms with E-state index in [4.69, 9.17) is 4.74 Å². The van der Waals surface area contributed by atoms with Gasteiger partial charge in [0.05, 0.1) is 12.5 Å². The molecule has 1 amide bonds. The summed E-state index contributed by atoms with van der Waals surface area (Å²) in [4.78, 5) is 23.1. The molecule has 0 aliphatic carbocycles. The maximum absolute atomic E-state index is 11.9. The molecule has 114 valence electrons. The van der Waals surface area contributed by atoms with Crippen LogP contribution in [0, 0.1) is 0 Å². The van der Waals surface area contributed by atoms with Gasteiger partial charge in [-0.1, -0.05) is 12.1 Å². The van der Waals surface area contributed by atoms with E-state index >= 15 is 0 Å². The van der Waals surface area contributed by atoms with Crippen LogP contribution in [0.2, 0.25) is 0 Å². The summed E-state index contributed by atoms with van der Waals surface area (Å²) in [6.45, 7) is 0.661. The Kier molecular flexibility index (Phi) is 5.16. The quantitative estimate of drug-likeness (QED) is 0.729. The number of phenolic OH excluding ortho intramolecular Hbond substituents is 1. The number of benzene rings is 1. The molecule has 1 fully saturated rings. The van der Waals surface area contributed by atoms with Crippen LogP contribution in [0.1, 0.15) is 24.8 Å². The van der Waals surface area contributed by atoms with Gasteiger partial charge in [-0.2, -0.15) is 0 Å². The summed E-state index contributed by atoms with van der Waals surface area (Å²) in [6, 6.07) is 5.27. The van der Waals surface area contributed by atoms with Gasteiger partial charge < -0.3 is 20.3 Å². The molecule has 1 aliphatic rings. The molecular weight excluding hydrogens is 274 g/mol. The number of carboxylic acids is 1. The van der Waals surface area contributed by atoms with Gasteiger partial charge >= 0.3 is 5.97 Å². The molecule has 2 atom stereocenters. The molecule has 0 aromatic heterocycles. The van der Waals surface area contributed by atoms with Crippen molar-refractivity contribution in [2.75, 3.05) is 6.61 Å². The smallest absolute Gasteiger partial charge is 0.326 e. The van der Waals surface area contributed by atoms with E-state index < -0.39 is 12.0 Å². The minimum atomic E-state index is -1.08. The van der Waals surface area contributed by atoms with Crippen LogP contribution in [0.3, 0.4) is 0 Å². The Morgan fingerprint density at radius 1 is 1.33 bits per heavy atom. The van der Waals surface area contributed by atoms with Crippen LogP contribution in [0.5, 0.6) is 5.75 Å². The van der Waals surface area contributed by atoms with Gasteiger partial charge in [-0.25, -0.2) is 4.79 Å². The number of hydrogen-bond donors (Lipinski definition) is 3. The average Bonchev–Trinajstić information content (AvgIpc) is 2.93. The number of amides is 1. The Balaban J connectivity index is 1.90. The molecule has 6 heteroatoms. The first-order valence-electron chi connectivity index (χ1n) is 6.96. The van der Waals surface area contributed by atoms with Crippen molar-refractivity contribution >= 4 is 11.9 Å². The molecular formula is C15H19NO5. The van der Waals surface area contributed by atoms with Crippen LogP contribution < -0.4 is 5.32 Å². The largest absolute Gasteiger partial charge is 0.508 e. The standard InChI is InChI=1S/C15H19NO5/c17-11-5-3-10(4-6-11)8-13(15(19)20)16-14(18)9-12-2-1-7-21-12/h3-6,12-13,17H,1-2,7-9H2,(H,16,18)(H,19,20)/t12?,13-/m1/s1. The number of phenols is 1. The second kappa shape index (κ2) is 7.08. The zero-order chi connectivity index (χ0) is 15.2. The van der Waals surface area contributed by atoms with Gasteiger partial charge in [0.2, 0.25) is 5.91 Å². The predicted octanol–water partition coefficient (Wildman–Crippen LogP) is 1.07. The van der Waals surface area contributed by atoms with Gasteiger partial charge in [0.25, 0.3) is 0 Å². The first-order valence-corrected chi connectivity index (χ1v) is 6.96. The summed E-state index contributed by atoms with van der Waals surface area (Å²) in [5.74, 6) is -1.27. The highest BCUT2D eigenvalue weighted by Crippen LogP contribution is 2.15. The van der Waals surface area contributed by atoms with Gasteiger partial charge in [0.15, 0.2) is 0 Å². The van der Waals surface area contributed by atoms with E-state index in [1.165, 1.54) is 12.1 Å². The minimum Gasteiger partial charge on any atom is -0.508 e. The maximum atomic E-state index is 11.9. The summed E-state index contributed by atoms with van der Waals surface area (Å²) >= 11 is 0. The van der Waals surface area contributed by atoms with E-state index in [9.17, 15) is 19.8 Å². The molecule has 0 radical (unpaired) electrons. The molecule has 1 aromatic carbocycles. The Morgan fingerprint density at radius 2 is 2.05 bits per heavy atom. The Bertz CT molecular complexity index is 493. The number of carbonyl (C=O) groups is 2. The van der Waals surface area contributed by atoms with E-state index in [0.717, 1.165) is 18.4 Å². The third-order valence-corrected chi connectivity index (χ3v) is 3.45. The van der Waals surface area contributed by atoms with E-state index in [2.05, 4.69) is 5.32 Å². The second-order valence-electron chi connectivity index (χ2n) is 5.17. The Hall–Kier alpha value is -2.08. The lowest BCUT2D eigenvalue weighted by atomic mass is 10.1. The summed E-state index contributed by atoms with van der Waals surface area (Å²) in [5, 5.41) is 20.9. The van der Waals surface area contributed by atoms with Gasteiger partial charge in [-0.3, -0.25) is 4.79 Å². The lowest BCUT2D eigenvalue weighted by molar-refractivity contribution is -0.142. The molecule has 0 bridgehead atoms. The monoisotopic (exact) mass is 293 g/mol. The highest BCUT2D eigenvalue weighted by atomic mass is 16.5. The fraction of sp³-hybridized carbons (Fsp3) is 0.467. The molecule has 1 aliphatic heterocycles. The lowest BCUT2D eigenvalue weighted by Crippen LogP contribution is -2.43. The molecule has 1 heterocycles. The fourth-order valence-electron chi connectivity index (χ4n) is 2.33. The number of aliphatic carboxylic acids is 1. The van der Waals surface area contributed by atoms with E-state index in [0.29, 0.717) is 6.61 Å². The van der Waals surface area contributed by atoms with Crippen molar-refractivity contribution < 1.29 is 24.5 Å². The van der Waals surface area contributed by atoms with Crippen molar-refractivity contribution in [3.8, 4) is 5.75 Å². The summed E-state index contributed by atoms with van der Waals surface area (Å²) < 4.78 is 5.36. The van der Waals surface area contributed by atoms with Crippen molar-refractivity contribution in [3.05, 3.63) is 29.8 Å². The highest BCUT2D eigenvalue weighted by molar-refractivity contribution is 5.84. The van der Waals surface area contributed by atoms with Gasteiger partial charge in [0.1, 0.15) is 11.8 Å². The van der Waals surface area contributed by atoms with E-state index in [1.807, 2.05) is 0 Å². The summed E-state index contributed by atoms with van der Waals surface area (Å²) in [5.41, 5.74) is 0.734. The van der Waals surface area contributed by atoms with Crippen LogP contribution in [0.4, 0.5) is 0 Å². The first-order chi connectivity index (χ1) is 10.0. The summed E-state index contributed by atoms with van der Waals surface area (Å²) in [7, 11) is 0. The molecule has 1 saturated heterocycles. The minimum absolute atomic E-state index is 0.104. The van der Waals surface area contributed by atoms with Crippen molar-refractivity contribution in [3.63, 3.8) is 0 Å². The van der Waals surface area contributed by atoms with E-state index in [-0.39, 0.29) is 30.6 Å². The second-order valence-corrected chi connectivity index (χ2v) is 5.17. The van der Waals surface area contributed by atoms with Crippen molar-refractivity contribution in [2.45, 2.75) is 37.8 Å². The SMILES string of the molecule is O=C(CC1CCCO1)N[C@H](Cc1ccc(O)cc1)C(=O)O. The van der Waals surface area contributed by atoms with Crippen molar-refractivity contribution in [2.24, 2.45) is 0 Å². The topological polar surface area (TPSA) is 95.9 Å². The molecule has 0 spiro atoms. The van der Waals surface area contributed by atoms with Crippen molar-refractivity contribution in [1.29, 1.82) is 0 Å². The Morgan fingerprint density at radius 3 is 2.62 bits per heavy atom. The highest BCUT2D eigenvalue weighted by Gasteiger charge is 2.24. The fourth-order valence-corrected chi connectivity index (χ4v) is 2.33. The number of nitrogens with one attached hydrogen (secondary N) is 1. The van der Waals surface area contributed by atoms with Crippen LogP contribution in [0.25, 0.3) is 0 Å². The number of hydrogen-bond acceptors (Lipinski definition) is 4. The van der Waals surface area contributed by atoms with Crippen LogP contribution in [-0.4, -0.2) is 40.8 Å². The predicted molar refractivity (Wildman–Crippen MR) is 75.0 cm³/mol. The Labute approximate surface area is 122 Å². The summed E-state index contributed by atoms with van der Waals surface area (Å²) in [6.07, 6.45) is 2.04. The first kappa shape index (κ1) is 15.3. The van der Waals surface area contributed by atoms with Gasteiger partial charge in [-0.15, -0.1) is 0 Å². The van der Waals surface area contributed by atoms with Crippen LogP contribution in [-0.2, 0) is 20.7 Å². The molecule has 3 N–H and O–H groups in total. The van der Waals surface area contributed by atoms with Gasteiger partial charge in [0, 0.05) is 13.0 Å². The van der Waals surface area contributed by atoms with Crippen molar-refractivity contribution in [1.82, 2.24) is 5.32 Å². The number of rotatable bonds is 6. The molecule has 2 rings (SSSR count). The lowest BCUT2D eigenvalue weighted by Gasteiger charge is -2.16.